The molecule has 1 aliphatic heterocycles. The van der Waals surface area contributed by atoms with Gasteiger partial charge >= 0.3 is 0 Å². The number of hydrogen-bond donors (Lipinski definition) is 2. The minimum absolute atomic E-state index is 0.0519. The number of carbonyl (C=O) groups is 1. The number of nitrogens with zero attached hydrogens (tertiary/aromatic N) is 2. The number of amides is 1. The number of pyridine rings is 1. The Bertz CT molecular complexity index is 866. The van der Waals surface area contributed by atoms with Crippen molar-refractivity contribution in [2.75, 3.05) is 13.1 Å². The molecule has 2 aromatic heterocycles. The van der Waals surface area contributed by atoms with Crippen molar-refractivity contribution in [3.63, 3.8) is 0 Å². The van der Waals surface area contributed by atoms with E-state index in [1.54, 1.807) is 0 Å². The largest absolute Gasteiger partial charge is 0.345 e. The van der Waals surface area contributed by atoms with Crippen LogP contribution in [0.1, 0.15) is 54.8 Å². The van der Waals surface area contributed by atoms with Crippen molar-refractivity contribution in [1.29, 1.82) is 0 Å². The molecule has 28 heavy (non-hydrogen) atoms. The van der Waals surface area contributed by atoms with Crippen molar-refractivity contribution < 1.29 is 18.0 Å². The number of rotatable bonds is 6. The average molecular weight is 389 g/mol. The summed E-state index contributed by atoms with van der Waals surface area (Å²) in [5.41, 5.74) is 1.41. The number of likely N-dealkylation sites (tertiary alicyclic amines) is 1. The Morgan fingerprint density at radius 2 is 1.89 bits per heavy atom. The Labute approximate surface area is 163 Å². The molecule has 2 N–H and O–H groups in total. The lowest BCUT2D eigenvalue weighted by molar-refractivity contribution is -0.523. The van der Waals surface area contributed by atoms with Crippen LogP contribution in [0.3, 0.4) is 0 Å². The number of fused-ring (bicyclic) bond motifs is 1. The fourth-order valence-corrected chi connectivity index (χ4v) is 4.44. The third kappa shape index (κ3) is 3.64. The molecule has 2 aliphatic carbocycles. The fourth-order valence-electron chi connectivity index (χ4n) is 4.44. The number of piperidine rings is 1. The van der Waals surface area contributed by atoms with E-state index in [0.717, 1.165) is 11.3 Å². The van der Waals surface area contributed by atoms with Crippen molar-refractivity contribution >= 4 is 11.4 Å². The van der Waals surface area contributed by atoms with Crippen LogP contribution in [0.15, 0.2) is 24.4 Å². The van der Waals surface area contributed by atoms with Gasteiger partial charge in [0.2, 0.25) is 5.69 Å². The molecular weight excluding hydrogens is 362 g/mol. The molecule has 150 valence electrons. The summed E-state index contributed by atoms with van der Waals surface area (Å²) in [5.74, 6) is -0.462. The monoisotopic (exact) mass is 389 g/mol. The molecule has 3 aliphatic rings. The van der Waals surface area contributed by atoms with Gasteiger partial charge < -0.3 is 5.32 Å². The molecule has 5 rings (SSSR count). The third-order valence-corrected chi connectivity index (χ3v) is 6.42. The van der Waals surface area contributed by atoms with Gasteiger partial charge in [-0.05, 0) is 49.7 Å². The summed E-state index contributed by atoms with van der Waals surface area (Å²) in [7, 11) is 0. The first kappa shape index (κ1) is 18.0. The summed E-state index contributed by atoms with van der Waals surface area (Å²) < 4.78 is 28.9. The number of H-pyrrole nitrogens is 1. The molecule has 2 saturated carbocycles. The Hall–Kier alpha value is -2.02. The summed E-state index contributed by atoms with van der Waals surface area (Å²) >= 11 is 0. The second-order valence-electron chi connectivity index (χ2n) is 8.71. The number of carbonyl (C=O) groups excluding carboxylic acids is 1. The van der Waals surface area contributed by atoms with E-state index >= 15 is 0 Å². The Morgan fingerprint density at radius 3 is 2.54 bits per heavy atom. The molecular formula is C21H27F2N4O+. The molecule has 0 bridgehead atoms. The number of hydrogen-bond acceptors (Lipinski definition) is 2. The van der Waals surface area contributed by atoms with E-state index in [0.29, 0.717) is 43.2 Å². The van der Waals surface area contributed by atoms with Crippen LogP contribution in [-0.4, -0.2) is 40.8 Å². The molecule has 7 heteroatoms. The van der Waals surface area contributed by atoms with Crippen molar-refractivity contribution in [2.45, 2.75) is 57.0 Å². The lowest BCUT2D eigenvalue weighted by Gasteiger charge is -2.30. The van der Waals surface area contributed by atoms with E-state index in [9.17, 15) is 13.6 Å². The normalized spacial score (nSPS) is 22.7. The highest BCUT2D eigenvalue weighted by molar-refractivity contribution is 5.98. The maximum absolute atomic E-state index is 13.4. The van der Waals surface area contributed by atoms with E-state index < -0.39 is 5.92 Å². The average Bonchev–Trinajstić information content (AvgIpc) is 3.59. The lowest BCUT2D eigenvalue weighted by atomic mass is 10.1. The van der Waals surface area contributed by atoms with Gasteiger partial charge in [0.15, 0.2) is 5.52 Å². The van der Waals surface area contributed by atoms with Crippen LogP contribution in [0.25, 0.3) is 5.52 Å². The van der Waals surface area contributed by atoms with Crippen LogP contribution >= 0.6 is 0 Å². The third-order valence-electron chi connectivity index (χ3n) is 6.42. The van der Waals surface area contributed by atoms with Crippen molar-refractivity contribution in [3.05, 3.63) is 35.9 Å². The molecule has 2 aromatic rings. The predicted octanol–water partition coefficient (Wildman–Crippen LogP) is 2.90. The molecule has 0 radical (unpaired) electrons. The maximum atomic E-state index is 13.4. The molecule has 0 unspecified atom stereocenters. The molecule has 3 fully saturated rings. The molecule has 1 amide bonds. The predicted molar refractivity (Wildman–Crippen MR) is 100 cm³/mol. The second-order valence-corrected chi connectivity index (χ2v) is 8.71. The maximum Gasteiger partial charge on any atom is 0.295 e. The van der Waals surface area contributed by atoms with E-state index in [2.05, 4.69) is 10.3 Å². The second kappa shape index (κ2) is 6.79. The summed E-state index contributed by atoms with van der Waals surface area (Å²) in [5, 5.41) is 3.28. The van der Waals surface area contributed by atoms with Gasteiger partial charge in [0.1, 0.15) is 6.54 Å². The minimum atomic E-state index is -2.55. The van der Waals surface area contributed by atoms with Gasteiger partial charge in [-0.3, -0.25) is 9.69 Å². The van der Waals surface area contributed by atoms with Crippen LogP contribution in [0, 0.1) is 11.8 Å². The van der Waals surface area contributed by atoms with Crippen molar-refractivity contribution in [2.24, 2.45) is 11.8 Å². The van der Waals surface area contributed by atoms with E-state index in [1.807, 2.05) is 33.7 Å². The van der Waals surface area contributed by atoms with Crippen LogP contribution in [0.5, 0.6) is 0 Å². The quantitative estimate of drug-likeness (QED) is 0.747. The molecule has 3 heterocycles. The van der Waals surface area contributed by atoms with Crippen LogP contribution in [0.2, 0.25) is 0 Å². The molecule has 0 atom stereocenters. The van der Waals surface area contributed by atoms with Crippen molar-refractivity contribution in [3.8, 4) is 0 Å². The Morgan fingerprint density at radius 1 is 1.21 bits per heavy atom. The first-order valence-electron chi connectivity index (χ1n) is 10.4. The van der Waals surface area contributed by atoms with Gasteiger partial charge in [-0.1, -0.05) is 6.07 Å². The summed E-state index contributed by atoms with van der Waals surface area (Å²) in [6.07, 6.45) is 6.58. The Kier molecular flexibility index (Phi) is 4.38. The molecule has 0 spiro atoms. The van der Waals surface area contributed by atoms with Gasteiger partial charge in [-0.15, -0.1) is 0 Å². The first-order valence-corrected chi connectivity index (χ1v) is 10.4. The smallest absolute Gasteiger partial charge is 0.295 e. The van der Waals surface area contributed by atoms with E-state index in [-0.39, 0.29) is 18.7 Å². The van der Waals surface area contributed by atoms with Gasteiger partial charge in [-0.2, -0.15) is 4.40 Å². The van der Waals surface area contributed by atoms with E-state index in [4.69, 9.17) is 0 Å². The number of aromatic amines is 1. The van der Waals surface area contributed by atoms with Crippen LogP contribution < -0.4 is 9.72 Å². The zero-order valence-corrected chi connectivity index (χ0v) is 16.0. The number of imidazole rings is 1. The van der Waals surface area contributed by atoms with Gasteiger partial charge in [0, 0.05) is 32.0 Å². The van der Waals surface area contributed by atoms with Crippen molar-refractivity contribution in [1.82, 2.24) is 15.2 Å². The molecule has 0 aromatic carbocycles. The summed E-state index contributed by atoms with van der Waals surface area (Å²) in [6.45, 7) is 1.27. The Balaban J connectivity index is 1.36. The number of nitrogens with one attached hydrogen (secondary N) is 2. The SMILES string of the molecule is O=C(NC(C1CC1)C1CC1)c1[nH]c(CN2CCC(F)(F)CC2)[n+]2ccccc12. The fraction of sp³-hybridized carbons (Fsp3) is 0.619. The van der Waals surface area contributed by atoms with Gasteiger partial charge in [0.05, 0.1) is 6.20 Å². The molecule has 1 saturated heterocycles. The summed E-state index contributed by atoms with van der Waals surface area (Å²) in [4.78, 5) is 18.4. The highest BCUT2D eigenvalue weighted by Crippen LogP contribution is 2.44. The highest BCUT2D eigenvalue weighted by Gasteiger charge is 2.43. The lowest BCUT2D eigenvalue weighted by Crippen LogP contribution is -2.40. The number of aromatic nitrogens is 2. The minimum Gasteiger partial charge on any atom is -0.345 e. The number of alkyl halides is 2. The summed E-state index contributed by atoms with van der Waals surface area (Å²) in [6, 6.07) is 6.08. The molecule has 5 nitrogen and oxygen atoms in total. The van der Waals surface area contributed by atoms with Crippen LogP contribution in [-0.2, 0) is 6.54 Å². The number of halogens is 2. The first-order chi connectivity index (χ1) is 13.5. The standard InChI is InChI=1S/C21H26F2N4O/c22-21(23)8-11-26(12-9-21)13-17-24-19(16-3-1-2-10-27(16)17)20(28)25-18(14-4-5-14)15-6-7-15/h1-3,10,14-15,18H,4-9,11-13H2,(H,25,28)/p+1. The highest BCUT2D eigenvalue weighted by atomic mass is 19.3. The topological polar surface area (TPSA) is 52.2 Å². The van der Waals surface area contributed by atoms with Crippen LogP contribution in [0.4, 0.5) is 8.78 Å². The van der Waals surface area contributed by atoms with Gasteiger partial charge in [0.25, 0.3) is 17.7 Å². The van der Waals surface area contributed by atoms with E-state index in [1.165, 1.54) is 25.7 Å². The zero-order chi connectivity index (χ0) is 19.3. The van der Waals surface area contributed by atoms with Gasteiger partial charge in [-0.25, -0.2) is 13.8 Å². The zero-order valence-electron chi connectivity index (χ0n) is 16.0.